The monoisotopic (exact) mass is 397 g/mol. The van der Waals surface area contributed by atoms with E-state index in [4.69, 9.17) is 4.74 Å². The number of ether oxygens (including phenoxy) is 1. The predicted octanol–water partition coefficient (Wildman–Crippen LogP) is 3.00. The molecule has 5 heteroatoms. The largest absolute Gasteiger partial charge is 0.392 e. The van der Waals surface area contributed by atoms with Gasteiger partial charge in [-0.2, -0.15) is 0 Å². The number of hydrogen-bond donors (Lipinski definition) is 1. The molecule has 1 fully saturated rings. The normalized spacial score (nSPS) is 16.2. The van der Waals surface area contributed by atoms with Crippen LogP contribution in [-0.2, 0) is 17.8 Å². The summed E-state index contributed by atoms with van der Waals surface area (Å²) in [7, 11) is 0. The molecule has 1 atom stereocenters. The van der Waals surface area contributed by atoms with Crippen molar-refractivity contribution in [1.29, 1.82) is 0 Å². The number of nitrogens with zero attached hydrogens (tertiary/aromatic N) is 3. The smallest absolute Gasteiger partial charge is 0.0670 e. The molecule has 0 spiro atoms. The third-order valence-corrected chi connectivity index (χ3v) is 5.51. The Labute approximate surface area is 175 Å². The van der Waals surface area contributed by atoms with Gasteiger partial charge in [0.25, 0.3) is 0 Å². The van der Waals surface area contributed by atoms with E-state index < -0.39 is 0 Å². The van der Waals surface area contributed by atoms with Crippen molar-refractivity contribution in [3.63, 3.8) is 0 Å². The second-order valence-corrected chi connectivity index (χ2v) is 7.82. The van der Waals surface area contributed by atoms with Gasteiger partial charge in [0.1, 0.15) is 0 Å². The van der Waals surface area contributed by atoms with Crippen molar-refractivity contribution in [2.75, 3.05) is 45.9 Å². The summed E-state index contributed by atoms with van der Waals surface area (Å²) in [5.74, 6) is 0. The van der Waals surface area contributed by atoms with Crippen LogP contribution in [0.5, 0.6) is 0 Å². The minimum Gasteiger partial charge on any atom is -0.392 e. The molecule has 29 heavy (non-hydrogen) atoms. The molecule has 1 aliphatic heterocycles. The zero-order valence-corrected chi connectivity index (χ0v) is 17.5. The van der Waals surface area contributed by atoms with Gasteiger partial charge >= 0.3 is 0 Å². The Bertz CT molecular complexity index is 710. The average Bonchev–Trinajstić information content (AvgIpc) is 3.18. The first-order chi connectivity index (χ1) is 14.2. The van der Waals surface area contributed by atoms with Gasteiger partial charge in [0.15, 0.2) is 0 Å². The molecule has 2 aromatic rings. The summed E-state index contributed by atoms with van der Waals surface area (Å²) in [6.07, 6.45) is 5.32. The SMILES string of the molecule is C=CCCC(O)CN(CCN1CCOCC1)Cc1cccn1Cc1ccccc1. The molecule has 0 radical (unpaired) electrons. The van der Waals surface area contributed by atoms with Gasteiger partial charge in [-0.25, -0.2) is 0 Å². The molecule has 1 unspecified atom stereocenters. The molecule has 3 rings (SSSR count). The molecule has 1 saturated heterocycles. The van der Waals surface area contributed by atoms with Crippen molar-refractivity contribution in [2.45, 2.75) is 32.0 Å². The summed E-state index contributed by atoms with van der Waals surface area (Å²) in [5, 5.41) is 10.5. The standard InChI is InChI=1S/C24H35N3O2/c1-2-3-11-24(28)21-26(14-13-25-15-17-29-18-16-25)20-23-10-7-12-27(23)19-22-8-5-4-6-9-22/h2,4-10,12,24,28H,1,3,11,13-21H2. The van der Waals surface area contributed by atoms with Crippen molar-refractivity contribution in [1.82, 2.24) is 14.4 Å². The molecule has 1 N–H and O–H groups in total. The highest BCUT2D eigenvalue weighted by atomic mass is 16.5. The lowest BCUT2D eigenvalue weighted by molar-refractivity contribution is 0.0286. The predicted molar refractivity (Wildman–Crippen MR) is 118 cm³/mol. The minimum atomic E-state index is -0.324. The fraction of sp³-hybridized carbons (Fsp3) is 0.500. The molecule has 1 aromatic heterocycles. The summed E-state index contributed by atoms with van der Waals surface area (Å²) in [5.41, 5.74) is 2.59. The summed E-state index contributed by atoms with van der Waals surface area (Å²) in [4.78, 5) is 4.84. The number of hydrogen-bond acceptors (Lipinski definition) is 4. The van der Waals surface area contributed by atoms with Crippen LogP contribution >= 0.6 is 0 Å². The van der Waals surface area contributed by atoms with E-state index >= 15 is 0 Å². The highest BCUT2D eigenvalue weighted by Crippen LogP contribution is 2.12. The van der Waals surface area contributed by atoms with Crippen LogP contribution < -0.4 is 0 Å². The third kappa shape index (κ3) is 7.44. The van der Waals surface area contributed by atoms with Gasteiger partial charge in [0.05, 0.1) is 19.3 Å². The number of aliphatic hydroxyl groups is 1. The van der Waals surface area contributed by atoms with Crippen molar-refractivity contribution in [3.8, 4) is 0 Å². The third-order valence-electron chi connectivity index (χ3n) is 5.51. The van der Waals surface area contributed by atoms with Crippen LogP contribution in [0.3, 0.4) is 0 Å². The number of aromatic nitrogens is 1. The van der Waals surface area contributed by atoms with Gasteiger partial charge in [-0.15, -0.1) is 6.58 Å². The van der Waals surface area contributed by atoms with E-state index in [0.29, 0.717) is 6.54 Å². The quantitative estimate of drug-likeness (QED) is 0.559. The molecule has 0 saturated carbocycles. The zero-order chi connectivity index (χ0) is 20.3. The van der Waals surface area contributed by atoms with E-state index in [2.05, 4.69) is 69.6 Å². The van der Waals surface area contributed by atoms with Crippen LogP contribution in [0.25, 0.3) is 0 Å². The Balaban J connectivity index is 1.62. The Morgan fingerprint density at radius 1 is 1.14 bits per heavy atom. The van der Waals surface area contributed by atoms with Crippen LogP contribution in [0, 0.1) is 0 Å². The van der Waals surface area contributed by atoms with Crippen LogP contribution in [0.1, 0.15) is 24.1 Å². The lowest BCUT2D eigenvalue weighted by Gasteiger charge is -2.31. The summed E-state index contributed by atoms with van der Waals surface area (Å²) in [6.45, 7) is 11.8. The maximum Gasteiger partial charge on any atom is 0.0670 e. The minimum absolute atomic E-state index is 0.324. The molecular weight excluding hydrogens is 362 g/mol. The first-order valence-corrected chi connectivity index (χ1v) is 10.7. The Kier molecular flexibility index (Phi) is 8.96. The maximum atomic E-state index is 10.5. The number of morpholine rings is 1. The molecule has 0 aliphatic carbocycles. The van der Waals surface area contributed by atoms with Gasteiger partial charge in [0.2, 0.25) is 0 Å². The Morgan fingerprint density at radius 2 is 1.93 bits per heavy atom. The molecule has 1 aromatic carbocycles. The Morgan fingerprint density at radius 3 is 2.69 bits per heavy atom. The van der Waals surface area contributed by atoms with Gasteiger partial charge in [-0.1, -0.05) is 36.4 Å². The van der Waals surface area contributed by atoms with Crippen LogP contribution in [0.15, 0.2) is 61.3 Å². The van der Waals surface area contributed by atoms with E-state index in [-0.39, 0.29) is 6.10 Å². The molecule has 0 bridgehead atoms. The lowest BCUT2D eigenvalue weighted by atomic mass is 10.2. The van der Waals surface area contributed by atoms with Crippen molar-refractivity contribution < 1.29 is 9.84 Å². The zero-order valence-electron chi connectivity index (χ0n) is 17.5. The maximum absolute atomic E-state index is 10.5. The van der Waals surface area contributed by atoms with Gasteiger partial charge in [-0.05, 0) is 30.5 Å². The van der Waals surface area contributed by atoms with E-state index in [0.717, 1.165) is 65.3 Å². The Hall–Kier alpha value is -1.92. The number of aliphatic hydroxyl groups excluding tert-OH is 1. The first kappa shape index (κ1) is 21.8. The second kappa shape index (κ2) is 11.9. The highest BCUT2D eigenvalue weighted by Gasteiger charge is 2.17. The molecule has 2 heterocycles. The van der Waals surface area contributed by atoms with Gasteiger partial charge in [0, 0.05) is 57.7 Å². The van der Waals surface area contributed by atoms with Gasteiger partial charge in [-0.3, -0.25) is 9.80 Å². The van der Waals surface area contributed by atoms with Crippen LogP contribution in [0.2, 0.25) is 0 Å². The number of allylic oxidation sites excluding steroid dienone is 1. The molecule has 0 amide bonds. The van der Waals surface area contributed by atoms with Gasteiger partial charge < -0.3 is 14.4 Å². The summed E-state index contributed by atoms with van der Waals surface area (Å²) < 4.78 is 7.78. The highest BCUT2D eigenvalue weighted by molar-refractivity contribution is 5.17. The molecule has 1 aliphatic rings. The summed E-state index contributed by atoms with van der Waals surface area (Å²) in [6, 6.07) is 14.9. The van der Waals surface area contributed by atoms with Crippen molar-refractivity contribution in [2.24, 2.45) is 0 Å². The lowest BCUT2D eigenvalue weighted by Crippen LogP contribution is -2.43. The fourth-order valence-corrected chi connectivity index (χ4v) is 3.80. The molecule has 158 valence electrons. The van der Waals surface area contributed by atoms with E-state index in [1.807, 2.05) is 6.08 Å². The van der Waals surface area contributed by atoms with E-state index in [1.54, 1.807) is 0 Å². The van der Waals surface area contributed by atoms with Crippen LogP contribution in [0.4, 0.5) is 0 Å². The first-order valence-electron chi connectivity index (χ1n) is 10.7. The average molecular weight is 398 g/mol. The van der Waals surface area contributed by atoms with Crippen molar-refractivity contribution >= 4 is 0 Å². The number of benzene rings is 1. The topological polar surface area (TPSA) is 40.9 Å². The van der Waals surface area contributed by atoms with E-state index in [1.165, 1.54) is 11.3 Å². The molecule has 5 nitrogen and oxygen atoms in total. The summed E-state index contributed by atoms with van der Waals surface area (Å²) >= 11 is 0. The van der Waals surface area contributed by atoms with E-state index in [9.17, 15) is 5.11 Å². The molecular formula is C24H35N3O2. The van der Waals surface area contributed by atoms with Crippen molar-refractivity contribution in [3.05, 3.63) is 72.6 Å². The van der Waals surface area contributed by atoms with Crippen LogP contribution in [-0.4, -0.2) is 71.5 Å². The second-order valence-electron chi connectivity index (χ2n) is 7.82. The fourth-order valence-electron chi connectivity index (χ4n) is 3.80. The number of rotatable bonds is 12.